The van der Waals surface area contributed by atoms with E-state index >= 15 is 0 Å². The minimum atomic E-state index is 0. The summed E-state index contributed by atoms with van der Waals surface area (Å²) in [6.45, 7) is 9.22. The predicted molar refractivity (Wildman–Crippen MR) is 135 cm³/mol. The van der Waals surface area contributed by atoms with Gasteiger partial charge in [-0.3, -0.25) is 9.79 Å². The van der Waals surface area contributed by atoms with Crippen molar-refractivity contribution in [1.29, 1.82) is 0 Å². The van der Waals surface area contributed by atoms with Gasteiger partial charge in [-0.25, -0.2) is 0 Å². The van der Waals surface area contributed by atoms with Crippen LogP contribution in [-0.4, -0.2) is 63.7 Å². The number of nitrogens with zero attached hydrogens (tertiary/aromatic N) is 2. The normalized spacial score (nSPS) is 19.6. The zero-order valence-corrected chi connectivity index (χ0v) is 21.7. The molecule has 1 amide bonds. The Balaban J connectivity index is 0.00000450. The van der Waals surface area contributed by atoms with Crippen molar-refractivity contribution in [3.8, 4) is 0 Å². The van der Waals surface area contributed by atoms with Crippen molar-refractivity contribution in [3.05, 3.63) is 35.4 Å². The molecule has 6 nitrogen and oxygen atoms in total. The summed E-state index contributed by atoms with van der Waals surface area (Å²) in [5.41, 5.74) is 1.99. The summed E-state index contributed by atoms with van der Waals surface area (Å²) in [7, 11) is 5.34. The first-order valence-corrected chi connectivity index (χ1v) is 10.6. The number of carbonyl (C=O) groups is 1. The molecule has 2 rings (SSSR count). The van der Waals surface area contributed by atoms with E-state index in [0.29, 0.717) is 5.92 Å². The molecule has 0 bridgehead atoms. The first-order valence-electron chi connectivity index (χ1n) is 10.6. The maximum atomic E-state index is 12.1. The molecule has 1 aliphatic heterocycles. The highest BCUT2D eigenvalue weighted by Gasteiger charge is 2.35. The van der Waals surface area contributed by atoms with Gasteiger partial charge in [0.05, 0.1) is 6.10 Å². The molecule has 1 aromatic carbocycles. The number of halogens is 1. The van der Waals surface area contributed by atoms with Crippen molar-refractivity contribution in [2.45, 2.75) is 46.1 Å². The second kappa shape index (κ2) is 12.5. The predicted octanol–water partition coefficient (Wildman–Crippen LogP) is 3.56. The Morgan fingerprint density at radius 1 is 1.27 bits per heavy atom. The number of rotatable bonds is 6. The first-order chi connectivity index (χ1) is 13.7. The van der Waals surface area contributed by atoms with E-state index in [2.05, 4.69) is 42.5 Å². The van der Waals surface area contributed by atoms with E-state index < -0.39 is 0 Å². The topological polar surface area (TPSA) is 66.0 Å². The fourth-order valence-electron chi connectivity index (χ4n) is 3.90. The molecule has 2 atom stereocenters. The maximum absolute atomic E-state index is 12.1. The van der Waals surface area contributed by atoms with Gasteiger partial charge in [0, 0.05) is 52.3 Å². The number of aliphatic imine (C=N–C) groups is 1. The molecular formula is C23H39IN4O2. The number of hydrogen-bond acceptors (Lipinski definition) is 3. The summed E-state index contributed by atoms with van der Waals surface area (Å²) in [6.07, 6.45) is 3.39. The summed E-state index contributed by atoms with van der Waals surface area (Å²) in [4.78, 5) is 18.1. The number of benzene rings is 1. The summed E-state index contributed by atoms with van der Waals surface area (Å²) < 4.78 is 6.08. The summed E-state index contributed by atoms with van der Waals surface area (Å²) in [5, 5.41) is 6.86. The Kier molecular flexibility index (Phi) is 11.1. The maximum Gasteiger partial charge on any atom is 0.253 e. The standard InChI is InChI=1S/C23H38N4O2.HI/c1-23(2,3)20-19(11-8-14-29-20)16-26-22(24-4)25-13-12-17-9-7-10-18(15-17)21(28)27(5)6;/h7,9-10,15,19-20H,8,11-14,16H2,1-6H3,(H2,24,25,26);1H. The molecule has 0 spiro atoms. The number of carbonyl (C=O) groups excluding carboxylic acids is 1. The van der Waals surface area contributed by atoms with Gasteiger partial charge in [0.15, 0.2) is 5.96 Å². The molecule has 0 aliphatic carbocycles. The third kappa shape index (κ3) is 8.06. The van der Waals surface area contributed by atoms with Gasteiger partial charge >= 0.3 is 0 Å². The van der Waals surface area contributed by atoms with Crippen LogP contribution in [0.4, 0.5) is 0 Å². The Hall–Kier alpha value is -1.35. The largest absolute Gasteiger partial charge is 0.377 e. The van der Waals surface area contributed by atoms with Crippen LogP contribution in [-0.2, 0) is 11.2 Å². The molecule has 1 aliphatic rings. The average molecular weight is 530 g/mol. The number of nitrogens with one attached hydrogen (secondary N) is 2. The van der Waals surface area contributed by atoms with E-state index in [0.717, 1.165) is 49.6 Å². The smallest absolute Gasteiger partial charge is 0.253 e. The van der Waals surface area contributed by atoms with E-state index in [-0.39, 0.29) is 41.4 Å². The van der Waals surface area contributed by atoms with Crippen molar-refractivity contribution in [1.82, 2.24) is 15.5 Å². The summed E-state index contributed by atoms with van der Waals surface area (Å²) >= 11 is 0. The number of guanidine groups is 1. The lowest BCUT2D eigenvalue weighted by atomic mass is 9.78. The van der Waals surface area contributed by atoms with Crippen LogP contribution >= 0.6 is 24.0 Å². The van der Waals surface area contributed by atoms with Gasteiger partial charge in [-0.05, 0) is 42.4 Å². The Morgan fingerprint density at radius 3 is 2.63 bits per heavy atom. The van der Waals surface area contributed by atoms with E-state index in [1.54, 1.807) is 26.0 Å². The molecule has 0 radical (unpaired) electrons. The lowest BCUT2D eigenvalue weighted by Gasteiger charge is -2.40. The molecule has 1 fully saturated rings. The van der Waals surface area contributed by atoms with Crippen LogP contribution in [0.5, 0.6) is 0 Å². The molecule has 0 aromatic heterocycles. The van der Waals surface area contributed by atoms with E-state index in [4.69, 9.17) is 4.74 Å². The lowest BCUT2D eigenvalue weighted by molar-refractivity contribution is -0.0835. The highest BCUT2D eigenvalue weighted by atomic mass is 127. The Bertz CT molecular complexity index is 701. The molecule has 0 saturated carbocycles. The summed E-state index contributed by atoms with van der Waals surface area (Å²) in [5.74, 6) is 1.32. The zero-order chi connectivity index (χ0) is 21.4. The fourth-order valence-corrected chi connectivity index (χ4v) is 3.90. The van der Waals surface area contributed by atoms with Gasteiger partial charge in [0.1, 0.15) is 0 Å². The van der Waals surface area contributed by atoms with Crippen molar-refractivity contribution >= 4 is 35.8 Å². The van der Waals surface area contributed by atoms with E-state index in [9.17, 15) is 4.79 Å². The number of hydrogen-bond donors (Lipinski definition) is 2. The van der Waals surface area contributed by atoms with Crippen molar-refractivity contribution in [3.63, 3.8) is 0 Å². The third-order valence-corrected chi connectivity index (χ3v) is 5.34. The monoisotopic (exact) mass is 530 g/mol. The molecule has 1 aromatic rings. The van der Waals surface area contributed by atoms with Crippen LogP contribution in [0.1, 0.15) is 49.5 Å². The fraction of sp³-hybridized carbons (Fsp3) is 0.652. The highest BCUT2D eigenvalue weighted by Crippen LogP contribution is 2.33. The molecule has 7 heteroatoms. The minimum absolute atomic E-state index is 0. The first kappa shape index (κ1) is 26.7. The van der Waals surface area contributed by atoms with E-state index in [1.165, 1.54) is 6.42 Å². The van der Waals surface area contributed by atoms with Gasteiger partial charge in [-0.1, -0.05) is 32.9 Å². The van der Waals surface area contributed by atoms with Gasteiger partial charge in [-0.2, -0.15) is 0 Å². The van der Waals surface area contributed by atoms with E-state index in [1.807, 2.05) is 18.2 Å². The van der Waals surface area contributed by atoms with Crippen LogP contribution in [0, 0.1) is 11.3 Å². The molecule has 30 heavy (non-hydrogen) atoms. The zero-order valence-electron chi connectivity index (χ0n) is 19.3. The second-order valence-corrected chi connectivity index (χ2v) is 9.09. The Morgan fingerprint density at radius 2 is 2.00 bits per heavy atom. The number of ether oxygens (including phenoxy) is 1. The van der Waals surface area contributed by atoms with Crippen molar-refractivity contribution in [2.24, 2.45) is 16.3 Å². The number of amides is 1. The van der Waals surface area contributed by atoms with Crippen LogP contribution in [0.3, 0.4) is 0 Å². The minimum Gasteiger partial charge on any atom is -0.377 e. The van der Waals surface area contributed by atoms with Gasteiger partial charge in [0.25, 0.3) is 5.91 Å². The lowest BCUT2D eigenvalue weighted by Crippen LogP contribution is -2.47. The van der Waals surface area contributed by atoms with Gasteiger partial charge in [0.2, 0.25) is 0 Å². The average Bonchev–Trinajstić information content (AvgIpc) is 2.69. The third-order valence-electron chi connectivity index (χ3n) is 5.34. The molecule has 170 valence electrons. The molecule has 2 unspecified atom stereocenters. The van der Waals surface area contributed by atoms with Crippen molar-refractivity contribution < 1.29 is 9.53 Å². The second-order valence-electron chi connectivity index (χ2n) is 9.09. The quantitative estimate of drug-likeness (QED) is 0.336. The summed E-state index contributed by atoms with van der Waals surface area (Å²) in [6, 6.07) is 7.82. The SMILES string of the molecule is CN=C(NCCc1cccc(C(=O)N(C)C)c1)NCC1CCCOC1C(C)(C)C.I. The molecule has 1 heterocycles. The molecular weight excluding hydrogens is 491 g/mol. The van der Waals surface area contributed by atoms with Crippen LogP contribution < -0.4 is 10.6 Å². The van der Waals surface area contributed by atoms with Crippen LogP contribution in [0.2, 0.25) is 0 Å². The van der Waals surface area contributed by atoms with Gasteiger partial charge < -0.3 is 20.3 Å². The van der Waals surface area contributed by atoms with Crippen LogP contribution in [0.25, 0.3) is 0 Å². The highest BCUT2D eigenvalue weighted by molar-refractivity contribution is 14.0. The van der Waals surface area contributed by atoms with Gasteiger partial charge in [-0.15, -0.1) is 24.0 Å². The Labute approximate surface area is 199 Å². The van der Waals surface area contributed by atoms with Crippen LogP contribution in [0.15, 0.2) is 29.3 Å². The molecule has 1 saturated heterocycles. The molecule has 2 N–H and O–H groups in total. The van der Waals surface area contributed by atoms with Crippen molar-refractivity contribution in [2.75, 3.05) is 40.8 Å².